The smallest absolute Gasteiger partial charge is 0.0970 e. The van der Waals surface area contributed by atoms with Crippen LogP contribution in [0, 0.1) is 0 Å². The second kappa shape index (κ2) is 4.93. The molecule has 100 valence electrons. The summed E-state index contributed by atoms with van der Waals surface area (Å²) >= 11 is 3.49. The first-order valence-electron chi connectivity index (χ1n) is 6.71. The second-order valence-corrected chi connectivity index (χ2v) is 5.82. The molecule has 0 unspecified atom stereocenters. The van der Waals surface area contributed by atoms with Gasteiger partial charge in [-0.1, -0.05) is 40.2 Å². The zero-order valence-electron chi connectivity index (χ0n) is 11.1. The van der Waals surface area contributed by atoms with E-state index < -0.39 is 0 Å². The van der Waals surface area contributed by atoms with E-state index in [9.17, 15) is 0 Å². The summed E-state index contributed by atoms with van der Waals surface area (Å²) in [5.41, 5.74) is 4.27. The lowest BCUT2D eigenvalue weighted by Crippen LogP contribution is -1.88. The number of hydrogen-bond donors (Lipinski definition) is 0. The summed E-state index contributed by atoms with van der Waals surface area (Å²) in [5, 5.41) is 2.24. The van der Waals surface area contributed by atoms with E-state index in [-0.39, 0.29) is 0 Å². The van der Waals surface area contributed by atoms with E-state index in [1.807, 2.05) is 24.5 Å². The van der Waals surface area contributed by atoms with Crippen LogP contribution in [0.4, 0.5) is 0 Å². The Morgan fingerprint density at radius 3 is 2.29 bits per heavy atom. The van der Waals surface area contributed by atoms with Gasteiger partial charge in [0.25, 0.3) is 0 Å². The molecule has 2 aromatic carbocycles. The minimum atomic E-state index is 0.952. The normalized spacial score (nSPS) is 11.1. The predicted octanol–water partition coefficient (Wildman–Crippen LogP) is 5.21. The lowest BCUT2D eigenvalue weighted by molar-refractivity contribution is 1.37. The van der Waals surface area contributed by atoms with Gasteiger partial charge in [0.2, 0.25) is 0 Å². The van der Waals surface area contributed by atoms with Crippen molar-refractivity contribution in [1.82, 2.24) is 9.97 Å². The summed E-state index contributed by atoms with van der Waals surface area (Å²) < 4.78 is 1.08. The van der Waals surface area contributed by atoms with Crippen LogP contribution >= 0.6 is 15.9 Å². The molecular weight excluding hydrogens is 324 g/mol. The summed E-state index contributed by atoms with van der Waals surface area (Å²) in [5.74, 6) is 0. The monoisotopic (exact) mass is 334 g/mol. The Morgan fingerprint density at radius 2 is 1.48 bits per heavy atom. The Morgan fingerprint density at radius 1 is 0.762 bits per heavy atom. The first-order valence-corrected chi connectivity index (χ1v) is 7.50. The van der Waals surface area contributed by atoms with Gasteiger partial charge in [0, 0.05) is 27.6 Å². The van der Waals surface area contributed by atoms with Crippen LogP contribution in [0.5, 0.6) is 0 Å². The quantitative estimate of drug-likeness (QED) is 0.446. The SMILES string of the molecule is Brc1ccc(-c2cc3cccnc3c3ncccc23)cc1. The molecule has 0 radical (unpaired) electrons. The Kier molecular flexibility index (Phi) is 2.93. The number of pyridine rings is 2. The molecule has 0 aliphatic heterocycles. The predicted molar refractivity (Wildman–Crippen MR) is 90.2 cm³/mol. The third-order valence-corrected chi connectivity index (χ3v) is 4.14. The van der Waals surface area contributed by atoms with Crippen molar-refractivity contribution < 1.29 is 0 Å². The summed E-state index contributed by atoms with van der Waals surface area (Å²) in [6.45, 7) is 0. The van der Waals surface area contributed by atoms with Crippen molar-refractivity contribution in [2.75, 3.05) is 0 Å². The standard InChI is InChI=1S/C18H11BrN2/c19-14-7-5-12(6-8-14)16-11-13-3-1-9-20-17(13)18-15(16)4-2-10-21-18/h1-11H. The number of fused-ring (bicyclic) bond motifs is 3. The van der Waals surface area contributed by atoms with E-state index in [1.165, 1.54) is 11.1 Å². The zero-order valence-corrected chi connectivity index (χ0v) is 12.7. The molecule has 4 rings (SSSR count). The molecule has 0 saturated carbocycles. The number of benzene rings is 2. The Labute approximate surface area is 130 Å². The van der Waals surface area contributed by atoms with Crippen molar-refractivity contribution in [3.63, 3.8) is 0 Å². The molecule has 4 aromatic rings. The van der Waals surface area contributed by atoms with Crippen LogP contribution in [-0.4, -0.2) is 9.97 Å². The summed E-state index contributed by atoms with van der Waals surface area (Å²) in [6, 6.07) is 18.7. The van der Waals surface area contributed by atoms with E-state index in [4.69, 9.17) is 0 Å². The highest BCUT2D eigenvalue weighted by atomic mass is 79.9. The van der Waals surface area contributed by atoms with Crippen LogP contribution in [0.1, 0.15) is 0 Å². The minimum Gasteiger partial charge on any atom is -0.254 e. The highest BCUT2D eigenvalue weighted by Crippen LogP contribution is 2.33. The molecule has 0 aliphatic rings. The van der Waals surface area contributed by atoms with Crippen LogP contribution in [0.2, 0.25) is 0 Å². The fraction of sp³-hybridized carbons (Fsp3) is 0. The molecule has 3 heteroatoms. The maximum absolute atomic E-state index is 4.54. The maximum atomic E-state index is 4.54. The minimum absolute atomic E-state index is 0.952. The number of halogens is 1. The van der Waals surface area contributed by atoms with Crippen molar-refractivity contribution in [3.8, 4) is 11.1 Å². The third kappa shape index (κ3) is 2.10. The molecule has 0 amide bonds. The fourth-order valence-corrected chi connectivity index (χ4v) is 2.91. The van der Waals surface area contributed by atoms with Gasteiger partial charge in [0.05, 0.1) is 11.0 Å². The van der Waals surface area contributed by atoms with E-state index in [1.54, 1.807) is 0 Å². The van der Waals surface area contributed by atoms with Crippen LogP contribution in [0.25, 0.3) is 32.9 Å². The van der Waals surface area contributed by atoms with Crippen LogP contribution in [0.3, 0.4) is 0 Å². The first-order chi connectivity index (χ1) is 10.3. The van der Waals surface area contributed by atoms with Crippen molar-refractivity contribution in [3.05, 3.63) is 71.5 Å². The molecule has 0 atom stereocenters. The van der Waals surface area contributed by atoms with Gasteiger partial charge in [-0.25, -0.2) is 0 Å². The zero-order chi connectivity index (χ0) is 14.2. The Hall–Kier alpha value is -2.26. The van der Waals surface area contributed by atoms with Crippen LogP contribution in [-0.2, 0) is 0 Å². The molecule has 2 heterocycles. The van der Waals surface area contributed by atoms with Gasteiger partial charge < -0.3 is 0 Å². The van der Waals surface area contributed by atoms with Gasteiger partial charge in [0.1, 0.15) is 0 Å². The molecule has 2 aromatic heterocycles. The van der Waals surface area contributed by atoms with Gasteiger partial charge in [-0.15, -0.1) is 0 Å². The number of rotatable bonds is 1. The van der Waals surface area contributed by atoms with E-state index in [0.717, 1.165) is 26.3 Å². The molecule has 21 heavy (non-hydrogen) atoms. The van der Waals surface area contributed by atoms with Crippen LogP contribution in [0.15, 0.2) is 71.5 Å². The summed E-state index contributed by atoms with van der Waals surface area (Å²) in [7, 11) is 0. The van der Waals surface area contributed by atoms with Gasteiger partial charge in [-0.2, -0.15) is 0 Å². The average molecular weight is 335 g/mol. The second-order valence-electron chi connectivity index (χ2n) is 4.91. The largest absolute Gasteiger partial charge is 0.254 e. The highest BCUT2D eigenvalue weighted by Gasteiger charge is 2.09. The summed E-state index contributed by atoms with van der Waals surface area (Å²) in [4.78, 5) is 9.03. The van der Waals surface area contributed by atoms with Crippen molar-refractivity contribution in [1.29, 1.82) is 0 Å². The molecule has 0 saturated heterocycles. The van der Waals surface area contributed by atoms with E-state index >= 15 is 0 Å². The lowest BCUT2D eigenvalue weighted by Gasteiger charge is -2.09. The van der Waals surface area contributed by atoms with Gasteiger partial charge in [-0.05, 0) is 41.5 Å². The third-order valence-electron chi connectivity index (χ3n) is 3.62. The number of nitrogens with zero attached hydrogens (tertiary/aromatic N) is 2. The van der Waals surface area contributed by atoms with Crippen molar-refractivity contribution >= 4 is 37.7 Å². The maximum Gasteiger partial charge on any atom is 0.0970 e. The highest BCUT2D eigenvalue weighted by molar-refractivity contribution is 9.10. The topological polar surface area (TPSA) is 25.8 Å². The summed E-state index contributed by atoms with van der Waals surface area (Å²) in [6.07, 6.45) is 3.64. The van der Waals surface area contributed by atoms with Gasteiger partial charge in [-0.3, -0.25) is 9.97 Å². The Balaban J connectivity index is 2.13. The lowest BCUT2D eigenvalue weighted by atomic mass is 9.98. The molecule has 2 nitrogen and oxygen atoms in total. The number of hydrogen-bond acceptors (Lipinski definition) is 2. The van der Waals surface area contributed by atoms with Crippen molar-refractivity contribution in [2.24, 2.45) is 0 Å². The van der Waals surface area contributed by atoms with E-state index in [0.29, 0.717) is 0 Å². The molecule has 0 fully saturated rings. The Bertz CT molecular complexity index is 946. The van der Waals surface area contributed by atoms with Gasteiger partial charge in [0.15, 0.2) is 0 Å². The molecular formula is C18H11BrN2. The van der Waals surface area contributed by atoms with Crippen LogP contribution < -0.4 is 0 Å². The molecule has 0 bridgehead atoms. The molecule has 0 N–H and O–H groups in total. The first kappa shape index (κ1) is 12.5. The van der Waals surface area contributed by atoms with E-state index in [2.05, 4.69) is 68.4 Å². The molecule has 0 spiro atoms. The molecule has 0 aliphatic carbocycles. The number of aromatic nitrogens is 2. The van der Waals surface area contributed by atoms with Crippen molar-refractivity contribution in [2.45, 2.75) is 0 Å². The fourth-order valence-electron chi connectivity index (χ4n) is 2.64. The van der Waals surface area contributed by atoms with Gasteiger partial charge >= 0.3 is 0 Å². The average Bonchev–Trinajstić information content (AvgIpc) is 2.55.